The largest absolute Gasteiger partial charge is 0.497 e. The second-order valence-electron chi connectivity index (χ2n) is 8.90. The molecule has 2 aromatic rings. The summed E-state index contributed by atoms with van der Waals surface area (Å²) < 4.78 is 68.4. The minimum absolute atomic E-state index is 0.0391. The highest BCUT2D eigenvalue weighted by Crippen LogP contribution is 2.35. The molecule has 35 heavy (non-hydrogen) atoms. The Labute approximate surface area is 207 Å². The quantitative estimate of drug-likeness (QED) is 0.590. The number of hydrogen-bond donors (Lipinski definition) is 1. The van der Waals surface area contributed by atoms with Crippen LogP contribution in [0, 0.1) is 0 Å². The number of rotatable bonds is 7. The molecule has 2 fully saturated rings. The number of thioether (sulfide) groups is 1. The van der Waals surface area contributed by atoms with E-state index in [1.54, 1.807) is 24.9 Å². The van der Waals surface area contributed by atoms with E-state index >= 15 is 0 Å². The number of amides is 1. The summed E-state index contributed by atoms with van der Waals surface area (Å²) >= 11 is 1.60. The van der Waals surface area contributed by atoms with Gasteiger partial charge in [-0.15, -0.1) is 11.8 Å². The summed E-state index contributed by atoms with van der Waals surface area (Å²) in [4.78, 5) is 16.0. The van der Waals surface area contributed by atoms with Crippen LogP contribution in [-0.2, 0) is 27.4 Å². The van der Waals surface area contributed by atoms with E-state index < -0.39 is 33.7 Å². The molecule has 0 radical (unpaired) electrons. The zero-order valence-electron chi connectivity index (χ0n) is 19.1. The van der Waals surface area contributed by atoms with Crippen molar-refractivity contribution < 1.29 is 31.1 Å². The molecule has 0 unspecified atom stereocenters. The third-order valence-corrected chi connectivity index (χ3v) is 9.24. The van der Waals surface area contributed by atoms with Gasteiger partial charge in [0.25, 0.3) is 0 Å². The standard InChI is InChI=1S/C24H27F3N2O4S2/c1-33-19-5-7-20(8-6-19)34-21-12-22(23(30)28-18-9-10-35(31,32)15-18)29(14-21)13-16-3-2-4-17(11-16)24(25,26)27/h2-8,11,18,21-22H,9-10,12-15H2,1H3,(H,28,30)/t18-,21-,22+/m1/s1. The van der Waals surface area contributed by atoms with Crippen molar-refractivity contribution in [2.45, 2.75) is 47.8 Å². The molecule has 2 aliphatic rings. The van der Waals surface area contributed by atoms with Gasteiger partial charge in [-0.1, -0.05) is 18.2 Å². The number of benzene rings is 2. The summed E-state index contributed by atoms with van der Waals surface area (Å²) in [6.07, 6.45) is -3.57. The van der Waals surface area contributed by atoms with Gasteiger partial charge in [0.05, 0.1) is 30.2 Å². The van der Waals surface area contributed by atoms with Crippen molar-refractivity contribution in [3.05, 3.63) is 59.7 Å². The number of carbonyl (C=O) groups is 1. The maximum atomic E-state index is 13.2. The van der Waals surface area contributed by atoms with Gasteiger partial charge in [0.1, 0.15) is 5.75 Å². The fourth-order valence-corrected chi connectivity index (χ4v) is 7.42. The number of carbonyl (C=O) groups excluding carboxylic acids is 1. The summed E-state index contributed by atoms with van der Waals surface area (Å²) in [5.74, 6) is 0.419. The lowest BCUT2D eigenvalue weighted by Gasteiger charge is -2.25. The molecule has 11 heteroatoms. The Kier molecular flexibility index (Phi) is 7.68. The Morgan fingerprint density at radius 3 is 2.57 bits per heavy atom. The maximum absolute atomic E-state index is 13.2. The summed E-state index contributed by atoms with van der Waals surface area (Å²) in [5, 5.41) is 2.90. The van der Waals surface area contributed by atoms with Gasteiger partial charge in [-0.05, 0) is 48.7 Å². The van der Waals surface area contributed by atoms with E-state index in [1.807, 2.05) is 29.2 Å². The number of alkyl halides is 3. The van der Waals surface area contributed by atoms with Gasteiger partial charge < -0.3 is 10.1 Å². The van der Waals surface area contributed by atoms with E-state index in [1.165, 1.54) is 6.07 Å². The predicted molar refractivity (Wildman–Crippen MR) is 128 cm³/mol. The van der Waals surface area contributed by atoms with Crippen molar-refractivity contribution in [3.8, 4) is 5.75 Å². The van der Waals surface area contributed by atoms with Crippen LogP contribution in [-0.4, -0.2) is 61.7 Å². The minimum Gasteiger partial charge on any atom is -0.497 e. The lowest BCUT2D eigenvalue weighted by molar-refractivity contribution is -0.137. The molecule has 0 aliphatic carbocycles. The molecule has 2 aliphatic heterocycles. The highest BCUT2D eigenvalue weighted by atomic mass is 32.2. The van der Waals surface area contributed by atoms with E-state index in [4.69, 9.17) is 4.74 Å². The average Bonchev–Trinajstić information content (AvgIpc) is 3.35. The van der Waals surface area contributed by atoms with Crippen LogP contribution >= 0.6 is 11.8 Å². The van der Waals surface area contributed by atoms with Crippen molar-refractivity contribution in [1.29, 1.82) is 0 Å². The Balaban J connectivity index is 1.50. The van der Waals surface area contributed by atoms with Gasteiger partial charge in [-0.2, -0.15) is 13.2 Å². The molecule has 6 nitrogen and oxygen atoms in total. The fraction of sp³-hybridized carbons (Fsp3) is 0.458. The molecule has 2 heterocycles. The van der Waals surface area contributed by atoms with Crippen LogP contribution in [0.2, 0.25) is 0 Å². The molecule has 0 bridgehead atoms. The van der Waals surface area contributed by atoms with E-state index in [-0.39, 0.29) is 29.2 Å². The molecular formula is C24H27F3N2O4S2. The number of sulfone groups is 1. The topological polar surface area (TPSA) is 75.7 Å². The van der Waals surface area contributed by atoms with Gasteiger partial charge in [-0.25, -0.2) is 8.42 Å². The molecule has 4 rings (SSSR count). The molecule has 0 saturated carbocycles. The van der Waals surface area contributed by atoms with E-state index in [2.05, 4.69) is 5.32 Å². The summed E-state index contributed by atoms with van der Waals surface area (Å²) in [6.45, 7) is 0.693. The SMILES string of the molecule is COc1ccc(S[C@@H]2C[C@@H](C(=O)N[C@@H]3CCS(=O)(=O)C3)N(Cc3cccc(C(F)(F)F)c3)C2)cc1. The van der Waals surface area contributed by atoms with E-state index in [0.717, 1.165) is 22.8 Å². The normalized spacial score (nSPS) is 24.4. The Morgan fingerprint density at radius 2 is 1.94 bits per heavy atom. The second-order valence-corrected chi connectivity index (χ2v) is 12.5. The van der Waals surface area contributed by atoms with Crippen LogP contribution in [0.4, 0.5) is 13.2 Å². The van der Waals surface area contributed by atoms with E-state index in [9.17, 15) is 26.4 Å². The van der Waals surface area contributed by atoms with Crippen molar-refractivity contribution in [3.63, 3.8) is 0 Å². The molecule has 3 atom stereocenters. The molecule has 1 N–H and O–H groups in total. The van der Waals surface area contributed by atoms with Crippen LogP contribution in [0.1, 0.15) is 24.0 Å². The number of nitrogens with zero attached hydrogens (tertiary/aromatic N) is 1. The van der Waals surface area contributed by atoms with Crippen LogP contribution in [0.25, 0.3) is 0 Å². The number of likely N-dealkylation sites (tertiary alicyclic amines) is 1. The number of ether oxygens (including phenoxy) is 1. The van der Waals surface area contributed by atoms with Crippen LogP contribution in [0.15, 0.2) is 53.4 Å². The molecule has 2 aromatic carbocycles. The summed E-state index contributed by atoms with van der Waals surface area (Å²) in [7, 11) is -1.57. The second kappa shape index (κ2) is 10.4. The third kappa shape index (κ3) is 6.71. The first-order valence-electron chi connectivity index (χ1n) is 11.2. The van der Waals surface area contributed by atoms with Crippen LogP contribution in [0.3, 0.4) is 0 Å². The van der Waals surface area contributed by atoms with Gasteiger partial charge >= 0.3 is 6.18 Å². The summed E-state index contributed by atoms with van der Waals surface area (Å²) in [6, 6.07) is 11.7. The number of hydrogen-bond acceptors (Lipinski definition) is 6. The zero-order valence-corrected chi connectivity index (χ0v) is 20.8. The van der Waals surface area contributed by atoms with Gasteiger partial charge in [0, 0.05) is 29.3 Å². The smallest absolute Gasteiger partial charge is 0.416 e. The first-order valence-corrected chi connectivity index (χ1v) is 13.9. The number of methoxy groups -OCH3 is 1. The van der Waals surface area contributed by atoms with Gasteiger partial charge in [0.15, 0.2) is 9.84 Å². The van der Waals surface area contributed by atoms with Gasteiger partial charge in [0.2, 0.25) is 5.91 Å². The monoisotopic (exact) mass is 528 g/mol. The van der Waals surface area contributed by atoms with Crippen LogP contribution in [0.5, 0.6) is 5.75 Å². The summed E-state index contributed by atoms with van der Waals surface area (Å²) in [5.41, 5.74) is -0.258. The Hall–Kier alpha value is -2.24. The number of nitrogens with one attached hydrogen (secondary N) is 1. The molecular weight excluding hydrogens is 501 g/mol. The predicted octanol–water partition coefficient (Wildman–Crippen LogP) is 3.75. The Bertz CT molecular complexity index is 1160. The van der Waals surface area contributed by atoms with E-state index in [0.29, 0.717) is 24.9 Å². The first kappa shape index (κ1) is 25.8. The van der Waals surface area contributed by atoms with Crippen molar-refractivity contribution in [1.82, 2.24) is 10.2 Å². The third-order valence-electron chi connectivity index (χ3n) is 6.25. The molecule has 0 aromatic heterocycles. The maximum Gasteiger partial charge on any atom is 0.416 e. The number of halogens is 3. The van der Waals surface area contributed by atoms with Gasteiger partial charge in [-0.3, -0.25) is 9.69 Å². The molecule has 1 amide bonds. The van der Waals surface area contributed by atoms with Crippen molar-refractivity contribution in [2.24, 2.45) is 0 Å². The molecule has 0 spiro atoms. The fourth-order valence-electron chi connectivity index (χ4n) is 4.53. The highest BCUT2D eigenvalue weighted by molar-refractivity contribution is 8.00. The highest BCUT2D eigenvalue weighted by Gasteiger charge is 2.39. The Morgan fingerprint density at radius 1 is 1.20 bits per heavy atom. The van der Waals surface area contributed by atoms with Crippen LogP contribution < -0.4 is 10.1 Å². The van der Waals surface area contributed by atoms with Crippen molar-refractivity contribution >= 4 is 27.5 Å². The first-order chi connectivity index (χ1) is 16.5. The molecule has 2 saturated heterocycles. The molecule has 190 valence electrons. The lowest BCUT2D eigenvalue weighted by atomic mass is 10.1. The van der Waals surface area contributed by atoms with Crippen molar-refractivity contribution in [2.75, 3.05) is 25.2 Å². The zero-order chi connectivity index (χ0) is 25.2. The lowest BCUT2D eigenvalue weighted by Crippen LogP contribution is -2.47. The average molecular weight is 529 g/mol. The minimum atomic E-state index is -4.45.